The van der Waals surface area contributed by atoms with Gasteiger partial charge in [0.2, 0.25) is 0 Å². The fourth-order valence-corrected chi connectivity index (χ4v) is 1.63. The topological polar surface area (TPSA) is 78.1 Å². The lowest BCUT2D eigenvalue weighted by molar-refractivity contribution is -0.139. The average Bonchev–Trinajstić information content (AvgIpc) is 2.36. The highest BCUT2D eigenvalue weighted by Crippen LogP contribution is 2.17. The number of ether oxygens (including phenoxy) is 1. The molecule has 0 saturated heterocycles. The Morgan fingerprint density at radius 3 is 2.79 bits per heavy atom. The first-order chi connectivity index (χ1) is 9.06. The Labute approximate surface area is 111 Å². The van der Waals surface area contributed by atoms with Gasteiger partial charge < -0.3 is 10.5 Å². The number of esters is 1. The molecule has 0 bridgehead atoms. The molecule has 1 heterocycles. The molecule has 19 heavy (non-hydrogen) atoms. The van der Waals surface area contributed by atoms with Gasteiger partial charge in [-0.25, -0.2) is 14.8 Å². The van der Waals surface area contributed by atoms with Gasteiger partial charge in [-0.2, -0.15) is 0 Å². The predicted octanol–water partition coefficient (Wildman–Crippen LogP) is 2.22. The van der Waals surface area contributed by atoms with Crippen molar-refractivity contribution in [2.45, 2.75) is 20.5 Å². The lowest BCUT2D eigenvalue weighted by Crippen LogP contribution is -2.06. The summed E-state index contributed by atoms with van der Waals surface area (Å²) in [5, 5.41) is 0.793. The van der Waals surface area contributed by atoms with E-state index in [4.69, 9.17) is 10.5 Å². The highest BCUT2D eigenvalue weighted by atomic mass is 16.5. The molecule has 98 valence electrons. The zero-order chi connectivity index (χ0) is 13.8. The van der Waals surface area contributed by atoms with Crippen LogP contribution in [0.5, 0.6) is 0 Å². The first-order valence-corrected chi connectivity index (χ1v) is 5.89. The second-order valence-electron chi connectivity index (χ2n) is 4.37. The maximum atomic E-state index is 11.4. The van der Waals surface area contributed by atoms with Crippen LogP contribution in [0.4, 0.5) is 5.82 Å². The Hall–Kier alpha value is -2.43. The zero-order valence-corrected chi connectivity index (χ0v) is 10.9. The highest BCUT2D eigenvalue weighted by molar-refractivity contribution is 5.87. The van der Waals surface area contributed by atoms with Crippen molar-refractivity contribution in [1.29, 1.82) is 0 Å². The number of rotatable bonds is 3. The van der Waals surface area contributed by atoms with Gasteiger partial charge in [-0.15, -0.1) is 0 Å². The third-order valence-corrected chi connectivity index (χ3v) is 2.43. The number of carbonyl (C=O) groups excluding carboxylic acids is 1. The number of anilines is 1. The Morgan fingerprint density at radius 2 is 2.05 bits per heavy atom. The van der Waals surface area contributed by atoms with Gasteiger partial charge in [0.15, 0.2) is 12.4 Å². The van der Waals surface area contributed by atoms with E-state index in [1.54, 1.807) is 0 Å². The molecule has 0 fully saturated rings. The van der Waals surface area contributed by atoms with Gasteiger partial charge in [-0.3, -0.25) is 0 Å². The van der Waals surface area contributed by atoms with Crippen LogP contribution in [-0.2, 0) is 16.1 Å². The molecule has 0 radical (unpaired) electrons. The van der Waals surface area contributed by atoms with Crippen LogP contribution in [0.15, 0.2) is 35.9 Å². The van der Waals surface area contributed by atoms with Gasteiger partial charge in [-0.1, -0.05) is 17.7 Å². The van der Waals surface area contributed by atoms with Crippen LogP contribution in [0.1, 0.15) is 19.7 Å². The fraction of sp³-hybridized carbons (Fsp3) is 0.214. The molecule has 2 N–H and O–H groups in total. The number of para-hydroxylation sites is 1. The Morgan fingerprint density at radius 1 is 1.32 bits per heavy atom. The van der Waals surface area contributed by atoms with Crippen LogP contribution < -0.4 is 5.73 Å². The summed E-state index contributed by atoms with van der Waals surface area (Å²) in [5.41, 5.74) is 7.46. The standard InChI is InChI=1S/C14H15N3O2/c1-9(2)7-13(18)19-8-12-16-11-6-4-3-5-10(11)14(15)17-12/h3-7H,8H2,1-2H3,(H2,15,16,17). The van der Waals surface area contributed by atoms with Gasteiger partial charge in [0.1, 0.15) is 5.82 Å². The first-order valence-electron chi connectivity index (χ1n) is 5.89. The molecule has 2 rings (SSSR count). The maximum absolute atomic E-state index is 11.4. The molecule has 0 unspecified atom stereocenters. The molecule has 2 aromatic rings. The normalized spacial score (nSPS) is 10.2. The summed E-state index contributed by atoms with van der Waals surface area (Å²) in [6, 6.07) is 7.43. The van der Waals surface area contributed by atoms with Gasteiger partial charge in [0.25, 0.3) is 0 Å². The summed E-state index contributed by atoms with van der Waals surface area (Å²) in [6.07, 6.45) is 1.42. The minimum Gasteiger partial charge on any atom is -0.454 e. The Kier molecular flexibility index (Phi) is 3.75. The number of nitrogens with zero attached hydrogens (tertiary/aromatic N) is 2. The number of allylic oxidation sites excluding steroid dienone is 1. The first kappa shape index (κ1) is 13.0. The molecule has 0 aliphatic carbocycles. The van der Waals surface area contributed by atoms with E-state index in [0.717, 1.165) is 16.5 Å². The zero-order valence-electron chi connectivity index (χ0n) is 10.9. The van der Waals surface area contributed by atoms with Crippen LogP contribution in [0, 0.1) is 0 Å². The molecule has 0 spiro atoms. The van der Waals surface area contributed by atoms with E-state index in [2.05, 4.69) is 9.97 Å². The summed E-state index contributed by atoms with van der Waals surface area (Å²) in [6.45, 7) is 3.66. The van der Waals surface area contributed by atoms with E-state index >= 15 is 0 Å². The summed E-state index contributed by atoms with van der Waals surface area (Å²) in [7, 11) is 0. The molecule has 0 saturated carbocycles. The number of hydrogen-bond acceptors (Lipinski definition) is 5. The van der Waals surface area contributed by atoms with E-state index < -0.39 is 5.97 Å². The van der Waals surface area contributed by atoms with Crippen molar-refractivity contribution < 1.29 is 9.53 Å². The third kappa shape index (κ3) is 3.28. The maximum Gasteiger partial charge on any atom is 0.331 e. The minimum absolute atomic E-state index is 0.0116. The number of carbonyl (C=O) groups is 1. The van der Waals surface area contributed by atoms with Crippen LogP contribution in [0.25, 0.3) is 10.9 Å². The molecule has 1 aromatic carbocycles. The molecule has 1 aromatic heterocycles. The van der Waals surface area contributed by atoms with Crippen LogP contribution in [0.3, 0.4) is 0 Å². The number of nitrogens with two attached hydrogens (primary N) is 1. The summed E-state index contributed by atoms with van der Waals surface area (Å²) >= 11 is 0. The number of benzene rings is 1. The van der Waals surface area contributed by atoms with Crippen LogP contribution >= 0.6 is 0 Å². The SMILES string of the molecule is CC(C)=CC(=O)OCc1nc(N)c2ccccc2n1. The van der Waals surface area contributed by atoms with Gasteiger partial charge in [0, 0.05) is 11.5 Å². The third-order valence-electron chi connectivity index (χ3n) is 2.43. The van der Waals surface area contributed by atoms with Crippen molar-refractivity contribution in [3.63, 3.8) is 0 Å². The van der Waals surface area contributed by atoms with Crippen LogP contribution in [-0.4, -0.2) is 15.9 Å². The molecule has 0 atom stereocenters. The van der Waals surface area contributed by atoms with Crippen molar-refractivity contribution in [1.82, 2.24) is 9.97 Å². The quantitative estimate of drug-likeness (QED) is 0.673. The molecule has 0 aliphatic heterocycles. The van der Waals surface area contributed by atoms with Crippen molar-refractivity contribution in [3.05, 3.63) is 41.7 Å². The average molecular weight is 257 g/mol. The molecule has 5 nitrogen and oxygen atoms in total. The van der Waals surface area contributed by atoms with Crippen LogP contribution in [0.2, 0.25) is 0 Å². The summed E-state index contributed by atoms with van der Waals surface area (Å²) in [4.78, 5) is 19.8. The van der Waals surface area contributed by atoms with Crippen molar-refractivity contribution in [3.8, 4) is 0 Å². The second kappa shape index (κ2) is 5.48. The van der Waals surface area contributed by atoms with Gasteiger partial charge in [-0.05, 0) is 26.0 Å². The van der Waals surface area contributed by atoms with E-state index in [0.29, 0.717) is 11.6 Å². The molecule has 0 aliphatic rings. The summed E-state index contributed by atoms with van der Waals surface area (Å²) in [5.74, 6) is 0.376. The minimum atomic E-state index is -0.407. The number of hydrogen-bond donors (Lipinski definition) is 1. The fourth-order valence-electron chi connectivity index (χ4n) is 1.63. The Balaban J connectivity index is 2.18. The molecular weight excluding hydrogens is 242 g/mol. The monoisotopic (exact) mass is 257 g/mol. The van der Waals surface area contributed by atoms with Gasteiger partial charge >= 0.3 is 5.97 Å². The molecule has 0 amide bonds. The number of fused-ring (bicyclic) bond motifs is 1. The van der Waals surface area contributed by atoms with E-state index in [-0.39, 0.29) is 6.61 Å². The molecular formula is C14H15N3O2. The number of aromatic nitrogens is 2. The largest absolute Gasteiger partial charge is 0.454 e. The van der Waals surface area contributed by atoms with E-state index in [1.165, 1.54) is 6.08 Å². The molecule has 5 heteroatoms. The van der Waals surface area contributed by atoms with E-state index in [9.17, 15) is 4.79 Å². The smallest absolute Gasteiger partial charge is 0.331 e. The van der Waals surface area contributed by atoms with Gasteiger partial charge in [0.05, 0.1) is 5.52 Å². The lowest BCUT2D eigenvalue weighted by Gasteiger charge is -2.05. The van der Waals surface area contributed by atoms with Crippen molar-refractivity contribution in [2.24, 2.45) is 0 Å². The highest BCUT2D eigenvalue weighted by Gasteiger charge is 2.06. The van der Waals surface area contributed by atoms with Crippen molar-refractivity contribution in [2.75, 3.05) is 5.73 Å². The predicted molar refractivity (Wildman–Crippen MR) is 73.2 cm³/mol. The summed E-state index contributed by atoms with van der Waals surface area (Å²) < 4.78 is 5.05. The second-order valence-corrected chi connectivity index (χ2v) is 4.37. The Bertz CT molecular complexity index is 646. The van der Waals surface area contributed by atoms with Crippen molar-refractivity contribution >= 4 is 22.7 Å². The number of nitrogen functional groups attached to an aromatic ring is 1. The van der Waals surface area contributed by atoms with E-state index in [1.807, 2.05) is 38.1 Å². The lowest BCUT2D eigenvalue weighted by atomic mass is 10.2.